The minimum absolute atomic E-state index is 0.381. The Bertz CT molecular complexity index is 866. The number of hydrogen-bond donors (Lipinski definition) is 0. The largest absolute Gasteiger partial charge is 0.473 e. The Morgan fingerprint density at radius 1 is 1.18 bits per heavy atom. The van der Waals surface area contributed by atoms with Crippen molar-refractivity contribution >= 4 is 0 Å². The Labute approximate surface area is 165 Å². The van der Waals surface area contributed by atoms with E-state index in [1.807, 2.05) is 56.5 Å². The molecule has 4 heterocycles. The average molecular weight is 382 g/mol. The molecule has 0 aliphatic carbocycles. The normalized spacial score (nSPS) is 17.8. The highest BCUT2D eigenvalue weighted by Crippen LogP contribution is 2.29. The van der Waals surface area contributed by atoms with Gasteiger partial charge in [0.1, 0.15) is 18.1 Å². The fraction of sp³-hybridized carbons (Fsp3) is 0.429. The molecule has 0 radical (unpaired) electrons. The van der Waals surface area contributed by atoms with Crippen LogP contribution in [0.5, 0.6) is 0 Å². The van der Waals surface area contributed by atoms with Gasteiger partial charge in [0.05, 0.1) is 11.8 Å². The summed E-state index contributed by atoms with van der Waals surface area (Å²) in [6, 6.07) is 4.36. The second kappa shape index (κ2) is 8.06. The van der Waals surface area contributed by atoms with Crippen molar-refractivity contribution < 1.29 is 14.0 Å². The summed E-state index contributed by atoms with van der Waals surface area (Å²) >= 11 is 0. The van der Waals surface area contributed by atoms with Crippen LogP contribution >= 0.6 is 0 Å². The molecule has 0 unspecified atom stereocenters. The van der Waals surface area contributed by atoms with E-state index >= 15 is 0 Å². The van der Waals surface area contributed by atoms with Gasteiger partial charge < -0.3 is 23.8 Å². The van der Waals surface area contributed by atoms with Crippen molar-refractivity contribution in [3.05, 3.63) is 59.8 Å². The molecular weight excluding hydrogens is 356 g/mol. The van der Waals surface area contributed by atoms with Gasteiger partial charge in [-0.2, -0.15) is 0 Å². The van der Waals surface area contributed by atoms with Crippen molar-refractivity contribution in [2.75, 3.05) is 20.3 Å². The molecule has 1 fully saturated rings. The number of nitrogens with zero attached hydrogens (tertiary/aromatic N) is 4. The van der Waals surface area contributed by atoms with Crippen LogP contribution in [0.4, 0.5) is 0 Å². The number of pyridine rings is 1. The first kappa shape index (κ1) is 18.6. The van der Waals surface area contributed by atoms with E-state index in [1.165, 1.54) is 0 Å². The summed E-state index contributed by atoms with van der Waals surface area (Å²) in [5.74, 6) is 1.58. The molecule has 2 aromatic rings. The highest BCUT2D eigenvalue weighted by molar-refractivity contribution is 5.62. The summed E-state index contributed by atoms with van der Waals surface area (Å²) in [4.78, 5) is 8.57. The van der Waals surface area contributed by atoms with Crippen molar-refractivity contribution in [1.82, 2.24) is 19.9 Å². The maximum Gasteiger partial charge on any atom is 0.210 e. The van der Waals surface area contributed by atoms with E-state index in [0.29, 0.717) is 12.6 Å². The van der Waals surface area contributed by atoms with E-state index in [2.05, 4.69) is 21.2 Å². The lowest BCUT2D eigenvalue weighted by molar-refractivity contribution is 0.0266. The van der Waals surface area contributed by atoms with Gasteiger partial charge in [0.2, 0.25) is 5.88 Å². The maximum atomic E-state index is 6.26. The van der Waals surface area contributed by atoms with E-state index in [4.69, 9.17) is 14.0 Å². The Morgan fingerprint density at radius 3 is 2.75 bits per heavy atom. The van der Waals surface area contributed by atoms with Gasteiger partial charge in [0.25, 0.3) is 0 Å². The molecule has 148 valence electrons. The minimum atomic E-state index is 0.381. The van der Waals surface area contributed by atoms with Gasteiger partial charge in [-0.3, -0.25) is 4.98 Å². The number of rotatable bonds is 5. The Balaban J connectivity index is 1.53. The van der Waals surface area contributed by atoms with Crippen molar-refractivity contribution in [2.45, 2.75) is 39.3 Å². The van der Waals surface area contributed by atoms with E-state index in [9.17, 15) is 0 Å². The first-order valence-electron chi connectivity index (χ1n) is 9.61. The SMILES string of the molecule is Cc1ccc(-c2noc(C)c2COC2=CN(C)C=CN2C2CCOCC2)cn1. The second-order valence-corrected chi connectivity index (χ2v) is 7.22. The monoisotopic (exact) mass is 382 g/mol. The summed E-state index contributed by atoms with van der Waals surface area (Å²) in [6.07, 6.45) is 9.92. The molecule has 0 N–H and O–H groups in total. The van der Waals surface area contributed by atoms with E-state index < -0.39 is 0 Å². The van der Waals surface area contributed by atoms with Gasteiger partial charge in [-0.05, 0) is 38.8 Å². The fourth-order valence-corrected chi connectivity index (χ4v) is 3.45. The molecule has 0 atom stereocenters. The predicted octanol–water partition coefficient (Wildman–Crippen LogP) is 3.57. The van der Waals surface area contributed by atoms with Crippen LogP contribution in [0.3, 0.4) is 0 Å². The highest BCUT2D eigenvalue weighted by Gasteiger charge is 2.26. The standard InChI is InChI=1S/C21H26N4O3/c1-15-4-5-17(12-22-15)21-19(16(2)28-23-21)14-27-20-13-24(3)8-9-25(20)18-6-10-26-11-7-18/h4-5,8-9,12-13,18H,6-7,10-11,14H2,1-3H3. The number of aryl methyl sites for hydroxylation is 2. The predicted molar refractivity (Wildman–Crippen MR) is 105 cm³/mol. The summed E-state index contributed by atoms with van der Waals surface area (Å²) in [7, 11) is 2.00. The van der Waals surface area contributed by atoms with Crippen LogP contribution in [-0.2, 0) is 16.1 Å². The summed E-state index contributed by atoms with van der Waals surface area (Å²) < 4.78 is 17.2. The zero-order chi connectivity index (χ0) is 19.5. The van der Waals surface area contributed by atoms with Gasteiger partial charge in [0, 0.05) is 56.2 Å². The minimum Gasteiger partial charge on any atom is -0.473 e. The van der Waals surface area contributed by atoms with E-state index in [0.717, 1.165) is 60.2 Å². The lowest BCUT2D eigenvalue weighted by Crippen LogP contribution is -2.38. The van der Waals surface area contributed by atoms with Crippen molar-refractivity contribution in [3.63, 3.8) is 0 Å². The van der Waals surface area contributed by atoms with Crippen LogP contribution < -0.4 is 0 Å². The van der Waals surface area contributed by atoms with E-state index in [-0.39, 0.29) is 0 Å². The summed E-state index contributed by atoms with van der Waals surface area (Å²) in [5.41, 5.74) is 3.62. The molecule has 0 spiro atoms. The van der Waals surface area contributed by atoms with Crippen molar-refractivity contribution in [1.29, 1.82) is 0 Å². The highest BCUT2D eigenvalue weighted by atomic mass is 16.5. The molecular formula is C21H26N4O3. The molecule has 2 aliphatic rings. The van der Waals surface area contributed by atoms with Gasteiger partial charge in [0.15, 0.2) is 0 Å². The molecule has 0 amide bonds. The fourth-order valence-electron chi connectivity index (χ4n) is 3.45. The third kappa shape index (κ3) is 3.89. The molecule has 28 heavy (non-hydrogen) atoms. The van der Waals surface area contributed by atoms with Gasteiger partial charge in [-0.15, -0.1) is 0 Å². The molecule has 2 aliphatic heterocycles. The van der Waals surface area contributed by atoms with Crippen LogP contribution in [0.25, 0.3) is 11.3 Å². The number of ether oxygens (including phenoxy) is 2. The molecule has 7 heteroatoms. The van der Waals surface area contributed by atoms with Crippen LogP contribution in [0.2, 0.25) is 0 Å². The van der Waals surface area contributed by atoms with Gasteiger partial charge >= 0.3 is 0 Å². The molecule has 1 saturated heterocycles. The zero-order valence-electron chi connectivity index (χ0n) is 16.6. The zero-order valence-corrected chi connectivity index (χ0v) is 16.6. The summed E-state index contributed by atoms with van der Waals surface area (Å²) in [6.45, 7) is 5.83. The Morgan fingerprint density at radius 2 is 2.00 bits per heavy atom. The smallest absolute Gasteiger partial charge is 0.210 e. The molecule has 0 aromatic carbocycles. The summed E-state index contributed by atoms with van der Waals surface area (Å²) in [5, 5.41) is 4.23. The Hall–Kier alpha value is -2.80. The molecule has 0 saturated carbocycles. The molecule has 0 bridgehead atoms. The third-order valence-corrected chi connectivity index (χ3v) is 5.15. The third-order valence-electron chi connectivity index (χ3n) is 5.15. The topological polar surface area (TPSA) is 63.9 Å². The number of hydrogen-bond acceptors (Lipinski definition) is 7. The average Bonchev–Trinajstić information content (AvgIpc) is 3.08. The quantitative estimate of drug-likeness (QED) is 0.783. The molecule has 7 nitrogen and oxygen atoms in total. The van der Waals surface area contributed by atoms with Crippen LogP contribution in [0, 0.1) is 13.8 Å². The van der Waals surface area contributed by atoms with Gasteiger partial charge in [-0.1, -0.05) is 5.16 Å². The first-order chi connectivity index (χ1) is 13.6. The number of aromatic nitrogens is 2. The van der Waals surface area contributed by atoms with Crippen molar-refractivity contribution in [2.24, 2.45) is 0 Å². The van der Waals surface area contributed by atoms with E-state index in [1.54, 1.807) is 0 Å². The molecule has 4 rings (SSSR count). The first-order valence-corrected chi connectivity index (χ1v) is 9.61. The van der Waals surface area contributed by atoms with Gasteiger partial charge in [-0.25, -0.2) is 0 Å². The van der Waals surface area contributed by atoms with Crippen LogP contribution in [0.1, 0.15) is 29.9 Å². The molecule has 2 aromatic heterocycles. The maximum absolute atomic E-state index is 6.26. The second-order valence-electron chi connectivity index (χ2n) is 7.22. The van der Waals surface area contributed by atoms with Crippen LogP contribution in [-0.4, -0.2) is 46.2 Å². The van der Waals surface area contributed by atoms with Crippen molar-refractivity contribution in [3.8, 4) is 11.3 Å². The Kier molecular flexibility index (Phi) is 5.34. The lowest BCUT2D eigenvalue weighted by atomic mass is 10.1. The van der Waals surface area contributed by atoms with Crippen LogP contribution in [0.15, 0.2) is 47.3 Å². The lowest BCUT2D eigenvalue weighted by Gasteiger charge is -2.37.